The molecule has 2 N–H and O–H groups in total. The Labute approximate surface area is 129 Å². The fourth-order valence-corrected chi connectivity index (χ4v) is 3.79. The second kappa shape index (κ2) is 5.57. The van der Waals surface area contributed by atoms with E-state index in [2.05, 4.69) is 20.6 Å². The number of fused-ring (bicyclic) bond motifs is 2. The van der Waals surface area contributed by atoms with Crippen LogP contribution in [0.4, 0.5) is 0 Å². The first kappa shape index (κ1) is 13.5. The summed E-state index contributed by atoms with van der Waals surface area (Å²) in [7, 11) is 0. The van der Waals surface area contributed by atoms with E-state index in [1.807, 2.05) is 36.5 Å². The molecule has 1 saturated carbocycles. The van der Waals surface area contributed by atoms with Crippen molar-refractivity contribution in [1.29, 1.82) is 0 Å². The molecule has 22 heavy (non-hydrogen) atoms. The highest BCUT2D eigenvalue weighted by molar-refractivity contribution is 5.97. The number of nitrogens with zero attached hydrogens (tertiary/aromatic N) is 2. The molecule has 2 aliphatic carbocycles. The van der Waals surface area contributed by atoms with E-state index >= 15 is 0 Å². The SMILES string of the molecule is O=C(NN1CC2CCCC2C1)c1n[nH]c2c1\C=C/C=C\C=C/2. The Hall–Kier alpha value is -2.14. The van der Waals surface area contributed by atoms with Gasteiger partial charge in [0.2, 0.25) is 0 Å². The van der Waals surface area contributed by atoms with Gasteiger partial charge in [-0.2, -0.15) is 5.10 Å². The first-order valence-electron chi connectivity index (χ1n) is 7.97. The molecule has 1 amide bonds. The standard InChI is InChI=1S/C17H20N4O/c22-17(20-21-10-12-6-5-7-13(12)11-21)16-14-8-3-1-2-4-9-15(14)18-19-16/h1-4,8-9,12-13H,5-7,10-11H2,(H,18,19)(H,20,22). The van der Waals surface area contributed by atoms with Crippen LogP contribution in [0.2, 0.25) is 0 Å². The van der Waals surface area contributed by atoms with E-state index in [4.69, 9.17) is 0 Å². The molecule has 4 rings (SSSR count). The van der Waals surface area contributed by atoms with E-state index in [1.165, 1.54) is 19.3 Å². The first-order chi connectivity index (χ1) is 10.8. The topological polar surface area (TPSA) is 61.0 Å². The number of hydrogen-bond acceptors (Lipinski definition) is 3. The monoisotopic (exact) mass is 296 g/mol. The van der Waals surface area contributed by atoms with Gasteiger partial charge in [-0.25, -0.2) is 5.01 Å². The van der Waals surface area contributed by atoms with Gasteiger partial charge in [-0.3, -0.25) is 15.3 Å². The summed E-state index contributed by atoms with van der Waals surface area (Å²) < 4.78 is 0. The van der Waals surface area contributed by atoms with Crippen LogP contribution in [0.1, 0.15) is 41.0 Å². The van der Waals surface area contributed by atoms with E-state index in [0.29, 0.717) is 5.69 Å². The van der Waals surface area contributed by atoms with Crippen LogP contribution in [-0.4, -0.2) is 34.2 Å². The van der Waals surface area contributed by atoms with Gasteiger partial charge in [-0.15, -0.1) is 0 Å². The normalized spacial score (nSPS) is 30.9. The molecule has 2 heterocycles. The van der Waals surface area contributed by atoms with Crippen molar-refractivity contribution in [2.24, 2.45) is 11.8 Å². The highest BCUT2D eigenvalue weighted by atomic mass is 16.2. The van der Waals surface area contributed by atoms with Gasteiger partial charge in [0.1, 0.15) is 0 Å². The number of H-pyrrole nitrogens is 1. The van der Waals surface area contributed by atoms with Gasteiger partial charge in [-0.05, 0) is 30.8 Å². The number of nitrogens with one attached hydrogen (secondary N) is 2. The Morgan fingerprint density at radius 1 is 1.14 bits per heavy atom. The lowest BCUT2D eigenvalue weighted by molar-refractivity contribution is 0.0809. The third-order valence-electron chi connectivity index (χ3n) is 4.89. The lowest BCUT2D eigenvalue weighted by Crippen LogP contribution is -2.41. The van der Waals surface area contributed by atoms with Crippen LogP contribution < -0.4 is 5.43 Å². The van der Waals surface area contributed by atoms with Gasteiger partial charge in [-0.1, -0.05) is 36.8 Å². The van der Waals surface area contributed by atoms with Gasteiger partial charge in [0.15, 0.2) is 5.69 Å². The lowest BCUT2D eigenvalue weighted by Gasteiger charge is -2.17. The summed E-state index contributed by atoms with van der Waals surface area (Å²) in [6.45, 7) is 1.95. The summed E-state index contributed by atoms with van der Waals surface area (Å²) in [6.07, 6.45) is 15.5. The molecular formula is C17H20N4O. The van der Waals surface area contributed by atoms with E-state index in [9.17, 15) is 4.79 Å². The van der Waals surface area contributed by atoms with Crippen molar-refractivity contribution in [3.63, 3.8) is 0 Å². The lowest BCUT2D eigenvalue weighted by atomic mass is 10.0. The molecule has 5 heteroatoms. The molecule has 2 fully saturated rings. The summed E-state index contributed by atoms with van der Waals surface area (Å²) in [5.41, 5.74) is 5.20. The molecule has 1 aromatic heterocycles. The number of rotatable bonds is 2. The average molecular weight is 296 g/mol. The molecule has 1 saturated heterocycles. The van der Waals surface area contributed by atoms with Crippen molar-refractivity contribution in [3.8, 4) is 0 Å². The number of carbonyl (C=O) groups is 1. The predicted octanol–water partition coefficient (Wildman–Crippen LogP) is 2.38. The minimum atomic E-state index is -0.125. The second-order valence-electron chi connectivity index (χ2n) is 6.30. The van der Waals surface area contributed by atoms with Gasteiger partial charge >= 0.3 is 0 Å². The molecule has 0 radical (unpaired) electrons. The zero-order valence-electron chi connectivity index (χ0n) is 12.5. The fourth-order valence-electron chi connectivity index (χ4n) is 3.79. The Bertz CT molecular complexity index is 658. The Morgan fingerprint density at radius 3 is 2.64 bits per heavy atom. The van der Waals surface area contributed by atoms with Gasteiger partial charge < -0.3 is 0 Å². The highest BCUT2D eigenvalue weighted by Crippen LogP contribution is 2.36. The number of aromatic amines is 1. The van der Waals surface area contributed by atoms with Crippen LogP contribution in [0.15, 0.2) is 24.3 Å². The van der Waals surface area contributed by atoms with Crippen molar-refractivity contribution < 1.29 is 4.79 Å². The van der Waals surface area contributed by atoms with Gasteiger partial charge in [0.25, 0.3) is 5.91 Å². The van der Waals surface area contributed by atoms with Crippen molar-refractivity contribution in [2.75, 3.05) is 13.1 Å². The molecule has 0 spiro atoms. The third kappa shape index (κ3) is 2.41. The fraction of sp³-hybridized carbons (Fsp3) is 0.412. The van der Waals surface area contributed by atoms with E-state index in [0.717, 1.165) is 36.2 Å². The second-order valence-corrected chi connectivity index (χ2v) is 6.30. The number of carbonyl (C=O) groups excluding carboxylic acids is 1. The van der Waals surface area contributed by atoms with Crippen LogP contribution in [-0.2, 0) is 0 Å². The minimum absolute atomic E-state index is 0.125. The number of amides is 1. The van der Waals surface area contributed by atoms with E-state index < -0.39 is 0 Å². The first-order valence-corrected chi connectivity index (χ1v) is 7.97. The summed E-state index contributed by atoms with van der Waals surface area (Å²) >= 11 is 0. The molecule has 114 valence electrons. The molecule has 1 aromatic rings. The molecule has 5 nitrogen and oxygen atoms in total. The molecule has 3 aliphatic rings. The highest BCUT2D eigenvalue weighted by Gasteiger charge is 2.37. The van der Waals surface area contributed by atoms with Crippen molar-refractivity contribution in [2.45, 2.75) is 19.3 Å². The summed E-state index contributed by atoms with van der Waals surface area (Å²) in [4.78, 5) is 12.5. The predicted molar refractivity (Wildman–Crippen MR) is 85.7 cm³/mol. The number of hydrazine groups is 1. The van der Waals surface area contributed by atoms with Crippen LogP contribution in [0.3, 0.4) is 0 Å². The Balaban J connectivity index is 1.50. The average Bonchev–Trinajstić information content (AvgIpc) is 3.13. The van der Waals surface area contributed by atoms with E-state index in [-0.39, 0.29) is 5.91 Å². The van der Waals surface area contributed by atoms with E-state index in [1.54, 1.807) is 0 Å². The van der Waals surface area contributed by atoms with Crippen molar-refractivity contribution >= 4 is 18.1 Å². The smallest absolute Gasteiger partial charge is 0.283 e. The van der Waals surface area contributed by atoms with Gasteiger partial charge in [0.05, 0.1) is 5.69 Å². The van der Waals surface area contributed by atoms with Crippen LogP contribution in [0, 0.1) is 11.8 Å². The molecular weight excluding hydrogens is 276 g/mol. The number of hydrogen-bond donors (Lipinski definition) is 2. The van der Waals surface area contributed by atoms with Crippen molar-refractivity contribution in [3.05, 3.63) is 41.3 Å². The molecule has 0 aromatic carbocycles. The van der Waals surface area contributed by atoms with Crippen LogP contribution in [0.5, 0.6) is 0 Å². The molecule has 0 bridgehead atoms. The maximum absolute atomic E-state index is 12.5. The Kier molecular flexibility index (Phi) is 3.42. The van der Waals surface area contributed by atoms with Crippen molar-refractivity contribution in [1.82, 2.24) is 20.6 Å². The zero-order valence-corrected chi connectivity index (χ0v) is 12.5. The summed E-state index contributed by atoms with van der Waals surface area (Å²) in [5, 5.41) is 9.21. The quantitative estimate of drug-likeness (QED) is 0.881. The number of allylic oxidation sites excluding steroid dienone is 4. The molecule has 2 atom stereocenters. The third-order valence-corrected chi connectivity index (χ3v) is 4.89. The minimum Gasteiger partial charge on any atom is -0.283 e. The van der Waals surface area contributed by atoms with Crippen LogP contribution in [0.25, 0.3) is 12.2 Å². The van der Waals surface area contributed by atoms with Gasteiger partial charge in [0, 0.05) is 18.7 Å². The zero-order chi connectivity index (χ0) is 14.9. The summed E-state index contributed by atoms with van der Waals surface area (Å²) in [5.74, 6) is 1.39. The largest absolute Gasteiger partial charge is 0.286 e. The maximum Gasteiger partial charge on any atom is 0.286 e. The van der Waals surface area contributed by atoms with Crippen LogP contribution >= 0.6 is 0 Å². The summed E-state index contributed by atoms with van der Waals surface area (Å²) in [6, 6.07) is 0. The Morgan fingerprint density at radius 2 is 1.86 bits per heavy atom. The molecule has 2 unspecified atom stereocenters. The molecule has 1 aliphatic heterocycles. The maximum atomic E-state index is 12.5. The number of aromatic nitrogens is 2.